The van der Waals surface area contributed by atoms with Crippen LogP contribution in [0.15, 0.2) is 18.3 Å². The van der Waals surface area contributed by atoms with E-state index in [1.165, 1.54) is 13.3 Å². The molecule has 1 amide bonds. The lowest BCUT2D eigenvalue weighted by Gasteiger charge is -2.60. The van der Waals surface area contributed by atoms with E-state index in [0.29, 0.717) is 5.56 Å². The molecule has 3 heterocycles. The maximum Gasteiger partial charge on any atom is 0.410 e. The van der Waals surface area contributed by atoms with Crippen molar-refractivity contribution in [3.8, 4) is 0 Å². The van der Waals surface area contributed by atoms with E-state index in [-0.39, 0.29) is 17.5 Å². The molecule has 0 N–H and O–H groups in total. The summed E-state index contributed by atoms with van der Waals surface area (Å²) in [4.78, 5) is 31.6. The highest BCUT2D eigenvalue weighted by Gasteiger charge is 2.54. The molecule has 0 bridgehead atoms. The smallest absolute Gasteiger partial charge is 0.410 e. The van der Waals surface area contributed by atoms with Gasteiger partial charge in [0.25, 0.3) is 0 Å². The minimum atomic E-state index is -0.462. The van der Waals surface area contributed by atoms with E-state index < -0.39 is 5.60 Å². The van der Waals surface area contributed by atoms with Crippen LogP contribution in [-0.2, 0) is 9.47 Å². The van der Waals surface area contributed by atoms with Crippen molar-refractivity contribution < 1.29 is 19.1 Å². The van der Waals surface area contributed by atoms with Crippen LogP contribution in [0.3, 0.4) is 0 Å². The van der Waals surface area contributed by atoms with Gasteiger partial charge in [-0.1, -0.05) is 0 Å². The molecule has 2 aliphatic heterocycles. The van der Waals surface area contributed by atoms with Gasteiger partial charge in [0.05, 0.1) is 12.7 Å². The van der Waals surface area contributed by atoms with E-state index in [0.717, 1.165) is 32.0 Å². The second kappa shape index (κ2) is 5.65. The van der Waals surface area contributed by atoms with Crippen LogP contribution in [0, 0.1) is 5.41 Å². The number of carbonyl (C=O) groups excluding carboxylic acids is 2. The Morgan fingerprint density at radius 2 is 1.83 bits per heavy atom. The fourth-order valence-corrected chi connectivity index (χ4v) is 3.16. The molecule has 130 valence electrons. The summed E-state index contributed by atoms with van der Waals surface area (Å²) in [5.41, 5.74) is 0.132. The van der Waals surface area contributed by atoms with Gasteiger partial charge in [-0.2, -0.15) is 0 Å². The fraction of sp³-hybridized carbons (Fsp3) is 0.588. The lowest BCUT2D eigenvalue weighted by molar-refractivity contribution is -0.0454. The van der Waals surface area contributed by atoms with Crippen LogP contribution >= 0.6 is 0 Å². The number of likely N-dealkylation sites (tertiary alicyclic amines) is 1. The molecule has 0 aliphatic carbocycles. The third-order valence-electron chi connectivity index (χ3n) is 4.25. The fourth-order valence-electron chi connectivity index (χ4n) is 3.16. The molecule has 0 saturated carbocycles. The number of nitrogens with zero attached hydrogens (tertiary/aromatic N) is 3. The van der Waals surface area contributed by atoms with Gasteiger partial charge in [-0.15, -0.1) is 0 Å². The lowest BCUT2D eigenvalue weighted by atomic mass is 9.73. The zero-order valence-corrected chi connectivity index (χ0v) is 14.5. The number of ether oxygens (including phenoxy) is 2. The predicted octanol–water partition coefficient (Wildman–Crippen LogP) is 1.93. The molecule has 2 aliphatic rings. The number of esters is 1. The van der Waals surface area contributed by atoms with Gasteiger partial charge in [0.15, 0.2) is 0 Å². The van der Waals surface area contributed by atoms with Gasteiger partial charge in [-0.05, 0) is 32.9 Å². The largest absolute Gasteiger partial charge is 0.465 e. The highest BCUT2D eigenvalue weighted by Crippen LogP contribution is 2.41. The molecule has 0 radical (unpaired) electrons. The molecule has 1 aromatic rings. The lowest BCUT2D eigenvalue weighted by Crippen LogP contribution is -2.73. The Morgan fingerprint density at radius 1 is 1.17 bits per heavy atom. The van der Waals surface area contributed by atoms with Crippen LogP contribution in [0.25, 0.3) is 0 Å². The highest BCUT2D eigenvalue weighted by atomic mass is 16.6. The van der Waals surface area contributed by atoms with Crippen LogP contribution in [0.4, 0.5) is 10.6 Å². The summed E-state index contributed by atoms with van der Waals surface area (Å²) in [5.74, 6) is 0.449. The Hall–Kier alpha value is -2.31. The van der Waals surface area contributed by atoms with E-state index in [9.17, 15) is 9.59 Å². The van der Waals surface area contributed by atoms with Gasteiger partial charge in [-0.3, -0.25) is 0 Å². The summed E-state index contributed by atoms with van der Waals surface area (Å²) in [6.45, 7) is 8.77. The third-order valence-corrected chi connectivity index (χ3v) is 4.25. The average molecular weight is 333 g/mol. The van der Waals surface area contributed by atoms with Crippen molar-refractivity contribution in [3.63, 3.8) is 0 Å². The molecule has 0 aromatic carbocycles. The van der Waals surface area contributed by atoms with E-state index in [2.05, 4.69) is 14.6 Å². The standard InChI is InChI=1S/C17H23N3O4/c1-16(2,3)24-15(22)20-10-17(11-20)8-19(9-17)13-6-5-12(7-18-13)14(21)23-4/h5-7H,8-11H2,1-4H3. The predicted molar refractivity (Wildman–Crippen MR) is 88.0 cm³/mol. The van der Waals surface area contributed by atoms with Gasteiger partial charge in [0.1, 0.15) is 11.4 Å². The monoisotopic (exact) mass is 333 g/mol. The second-order valence-corrected chi connectivity index (χ2v) is 7.59. The molecule has 1 spiro atoms. The maximum absolute atomic E-state index is 12.0. The zero-order chi connectivity index (χ0) is 17.5. The molecular weight excluding hydrogens is 310 g/mol. The molecule has 1 aromatic heterocycles. The summed E-state index contributed by atoms with van der Waals surface area (Å²) < 4.78 is 10.0. The number of pyridine rings is 1. The molecule has 7 nitrogen and oxygen atoms in total. The number of methoxy groups -OCH3 is 1. The summed E-state index contributed by atoms with van der Waals surface area (Å²) in [6.07, 6.45) is 1.28. The molecule has 2 fully saturated rings. The highest BCUT2D eigenvalue weighted by molar-refractivity contribution is 5.89. The molecule has 2 saturated heterocycles. The van der Waals surface area contributed by atoms with Crippen molar-refractivity contribution in [3.05, 3.63) is 23.9 Å². The van der Waals surface area contributed by atoms with Crippen molar-refractivity contribution in [2.24, 2.45) is 5.41 Å². The first-order valence-corrected chi connectivity index (χ1v) is 7.99. The first-order valence-electron chi connectivity index (χ1n) is 7.99. The van der Waals surface area contributed by atoms with Gasteiger partial charge < -0.3 is 19.3 Å². The van der Waals surface area contributed by atoms with Crippen LogP contribution in [0.5, 0.6) is 0 Å². The summed E-state index contributed by atoms with van der Waals surface area (Å²) >= 11 is 0. The van der Waals surface area contributed by atoms with E-state index in [4.69, 9.17) is 4.74 Å². The van der Waals surface area contributed by atoms with Crippen LogP contribution < -0.4 is 4.90 Å². The van der Waals surface area contributed by atoms with E-state index in [1.54, 1.807) is 11.0 Å². The number of hydrogen-bond donors (Lipinski definition) is 0. The quantitative estimate of drug-likeness (QED) is 0.770. The van der Waals surface area contributed by atoms with Gasteiger partial charge in [0, 0.05) is 37.8 Å². The molecule has 24 heavy (non-hydrogen) atoms. The van der Waals surface area contributed by atoms with Gasteiger partial charge in [-0.25, -0.2) is 14.6 Å². The molecule has 3 rings (SSSR count). The van der Waals surface area contributed by atoms with Crippen LogP contribution in [-0.4, -0.2) is 60.8 Å². The number of aromatic nitrogens is 1. The number of amides is 1. The SMILES string of the molecule is COC(=O)c1ccc(N2CC3(CN(C(=O)OC(C)(C)C)C3)C2)nc1. The van der Waals surface area contributed by atoms with Gasteiger partial charge in [0.2, 0.25) is 0 Å². The normalized spacial score (nSPS) is 18.7. The van der Waals surface area contributed by atoms with Crippen LogP contribution in [0.1, 0.15) is 31.1 Å². The zero-order valence-electron chi connectivity index (χ0n) is 14.5. The number of rotatable bonds is 2. The number of anilines is 1. The Balaban J connectivity index is 1.50. The first-order chi connectivity index (χ1) is 11.2. The Kier molecular flexibility index (Phi) is 3.89. The van der Waals surface area contributed by atoms with Crippen molar-refractivity contribution in [1.29, 1.82) is 0 Å². The Bertz CT molecular complexity index is 637. The Labute approximate surface area is 141 Å². The van der Waals surface area contributed by atoms with E-state index in [1.807, 2.05) is 26.8 Å². The van der Waals surface area contributed by atoms with Crippen molar-refractivity contribution in [2.75, 3.05) is 38.2 Å². The van der Waals surface area contributed by atoms with Crippen LogP contribution in [0.2, 0.25) is 0 Å². The third kappa shape index (κ3) is 3.16. The maximum atomic E-state index is 12.0. The van der Waals surface area contributed by atoms with E-state index >= 15 is 0 Å². The summed E-state index contributed by atoms with van der Waals surface area (Å²) in [5, 5.41) is 0. The molecular formula is C17H23N3O4. The topological polar surface area (TPSA) is 72.0 Å². The van der Waals surface area contributed by atoms with Crippen molar-refractivity contribution >= 4 is 17.9 Å². The first kappa shape index (κ1) is 16.5. The number of hydrogen-bond acceptors (Lipinski definition) is 6. The molecule has 0 unspecified atom stereocenters. The van der Waals surface area contributed by atoms with Crippen molar-refractivity contribution in [2.45, 2.75) is 26.4 Å². The number of carbonyl (C=O) groups is 2. The molecule has 7 heteroatoms. The second-order valence-electron chi connectivity index (χ2n) is 7.59. The summed E-state index contributed by atoms with van der Waals surface area (Å²) in [7, 11) is 1.35. The average Bonchev–Trinajstić information content (AvgIpc) is 2.42. The summed E-state index contributed by atoms with van der Waals surface area (Å²) in [6, 6.07) is 3.54. The minimum absolute atomic E-state index is 0.152. The Morgan fingerprint density at radius 3 is 2.33 bits per heavy atom. The minimum Gasteiger partial charge on any atom is -0.465 e. The van der Waals surface area contributed by atoms with Gasteiger partial charge >= 0.3 is 12.1 Å². The molecule has 0 atom stereocenters. The van der Waals surface area contributed by atoms with Crippen molar-refractivity contribution in [1.82, 2.24) is 9.88 Å².